The van der Waals surface area contributed by atoms with Crippen LogP contribution >= 0.6 is 45.8 Å². The van der Waals surface area contributed by atoms with E-state index in [0.717, 1.165) is 14.8 Å². The van der Waals surface area contributed by atoms with E-state index in [4.69, 9.17) is 28.9 Å². The summed E-state index contributed by atoms with van der Waals surface area (Å²) >= 11 is 14.0. The fourth-order valence-corrected chi connectivity index (χ4v) is 2.16. The molecule has 6 heteroatoms. The Morgan fingerprint density at radius 2 is 1.71 bits per heavy atom. The van der Waals surface area contributed by atoms with E-state index < -0.39 is 0 Å². The average Bonchev–Trinajstić information content (AvgIpc) is 2.23. The second kappa shape index (κ2) is 4.96. The van der Waals surface area contributed by atoms with Gasteiger partial charge in [-0.25, -0.2) is 9.97 Å². The monoisotopic (exact) mass is 379 g/mol. The van der Waals surface area contributed by atoms with Crippen LogP contribution in [0.25, 0.3) is 11.4 Å². The topological polar surface area (TPSA) is 51.8 Å². The Hall–Kier alpha value is -0.590. The molecule has 0 radical (unpaired) electrons. The molecule has 0 aliphatic rings. The van der Waals surface area contributed by atoms with Crippen molar-refractivity contribution in [1.29, 1.82) is 0 Å². The van der Waals surface area contributed by atoms with Crippen LogP contribution in [0.15, 0.2) is 18.2 Å². The smallest absolute Gasteiger partial charge is 0.161 e. The van der Waals surface area contributed by atoms with Gasteiger partial charge in [0.15, 0.2) is 5.82 Å². The van der Waals surface area contributed by atoms with Gasteiger partial charge in [-0.15, -0.1) is 0 Å². The SMILES string of the molecule is Cc1nc(-c2cc(Cl)cc(Cl)c2)nc(N)c1I. The first-order chi connectivity index (χ1) is 7.97. The number of benzene rings is 1. The van der Waals surface area contributed by atoms with Gasteiger partial charge in [0.1, 0.15) is 5.82 Å². The molecule has 0 saturated carbocycles. The number of nitrogens with two attached hydrogens (primary N) is 1. The number of nitrogens with zero attached hydrogens (tertiary/aromatic N) is 2. The van der Waals surface area contributed by atoms with E-state index in [1.165, 1.54) is 0 Å². The molecular weight excluding hydrogens is 372 g/mol. The Labute approximate surface area is 123 Å². The number of nitrogen functional groups attached to an aromatic ring is 1. The van der Waals surface area contributed by atoms with Crippen LogP contribution in [-0.4, -0.2) is 9.97 Å². The van der Waals surface area contributed by atoms with Crippen molar-refractivity contribution in [3.63, 3.8) is 0 Å². The van der Waals surface area contributed by atoms with Gasteiger partial charge < -0.3 is 5.73 Å². The van der Waals surface area contributed by atoms with Gasteiger partial charge in [0.05, 0.1) is 9.26 Å². The Balaban J connectivity index is 2.60. The average molecular weight is 380 g/mol. The molecule has 2 aromatic rings. The molecule has 2 N–H and O–H groups in total. The maximum atomic E-state index is 5.94. The van der Waals surface area contributed by atoms with Crippen molar-refractivity contribution in [3.05, 3.63) is 37.5 Å². The molecule has 0 spiro atoms. The molecule has 3 nitrogen and oxygen atoms in total. The van der Waals surface area contributed by atoms with Crippen molar-refractivity contribution in [2.24, 2.45) is 0 Å². The van der Waals surface area contributed by atoms with Gasteiger partial charge in [-0.3, -0.25) is 0 Å². The van der Waals surface area contributed by atoms with Gasteiger partial charge in [-0.05, 0) is 47.7 Å². The number of aryl methyl sites for hydroxylation is 1. The lowest BCUT2D eigenvalue weighted by molar-refractivity contribution is 1.10. The maximum absolute atomic E-state index is 5.94. The van der Waals surface area contributed by atoms with Crippen LogP contribution < -0.4 is 5.73 Å². The van der Waals surface area contributed by atoms with Crippen molar-refractivity contribution in [1.82, 2.24) is 9.97 Å². The lowest BCUT2D eigenvalue weighted by Gasteiger charge is -2.06. The van der Waals surface area contributed by atoms with Gasteiger partial charge in [0.2, 0.25) is 0 Å². The molecule has 0 saturated heterocycles. The summed E-state index contributed by atoms with van der Waals surface area (Å²) in [7, 11) is 0. The van der Waals surface area contributed by atoms with Gasteiger partial charge >= 0.3 is 0 Å². The zero-order valence-electron chi connectivity index (χ0n) is 8.84. The van der Waals surface area contributed by atoms with Crippen LogP contribution in [0.1, 0.15) is 5.69 Å². The van der Waals surface area contributed by atoms with Crippen molar-refractivity contribution in [2.75, 3.05) is 5.73 Å². The molecule has 1 heterocycles. The van der Waals surface area contributed by atoms with E-state index in [1.807, 2.05) is 6.92 Å². The predicted molar refractivity (Wildman–Crippen MR) is 79.4 cm³/mol. The molecule has 0 unspecified atom stereocenters. The first kappa shape index (κ1) is 12.9. The summed E-state index contributed by atoms with van der Waals surface area (Å²) in [5, 5.41) is 1.09. The van der Waals surface area contributed by atoms with Crippen LogP contribution in [0, 0.1) is 10.5 Å². The minimum Gasteiger partial charge on any atom is -0.383 e. The molecule has 0 atom stereocenters. The zero-order valence-corrected chi connectivity index (χ0v) is 12.5. The molecule has 1 aromatic carbocycles. The molecule has 17 heavy (non-hydrogen) atoms. The molecule has 0 fully saturated rings. The van der Waals surface area contributed by atoms with E-state index in [0.29, 0.717) is 21.7 Å². The molecule has 0 bridgehead atoms. The minimum atomic E-state index is 0.462. The largest absolute Gasteiger partial charge is 0.383 e. The molecule has 0 amide bonds. The first-order valence-electron chi connectivity index (χ1n) is 4.73. The second-order valence-electron chi connectivity index (χ2n) is 3.49. The minimum absolute atomic E-state index is 0.462. The lowest BCUT2D eigenvalue weighted by atomic mass is 10.2. The molecule has 0 aliphatic heterocycles. The summed E-state index contributed by atoms with van der Waals surface area (Å²) in [6.07, 6.45) is 0. The fourth-order valence-electron chi connectivity index (χ4n) is 1.39. The number of rotatable bonds is 1. The van der Waals surface area contributed by atoms with Crippen molar-refractivity contribution < 1.29 is 0 Å². The third-order valence-corrected chi connectivity index (χ3v) is 3.93. The number of aromatic nitrogens is 2. The van der Waals surface area contributed by atoms with Gasteiger partial charge in [-0.1, -0.05) is 23.2 Å². The van der Waals surface area contributed by atoms with Crippen LogP contribution in [0.5, 0.6) is 0 Å². The lowest BCUT2D eigenvalue weighted by Crippen LogP contribution is -2.02. The number of hydrogen-bond acceptors (Lipinski definition) is 3. The summed E-state index contributed by atoms with van der Waals surface area (Å²) < 4.78 is 0.861. The Bertz CT molecular complexity index is 544. The summed E-state index contributed by atoms with van der Waals surface area (Å²) in [6, 6.07) is 5.18. The van der Waals surface area contributed by atoms with E-state index in [1.54, 1.807) is 18.2 Å². The van der Waals surface area contributed by atoms with Crippen molar-refractivity contribution >= 4 is 51.6 Å². The Morgan fingerprint density at radius 3 is 2.24 bits per heavy atom. The molecule has 1 aromatic heterocycles. The summed E-state index contributed by atoms with van der Waals surface area (Å²) in [4.78, 5) is 8.60. The molecule has 0 aliphatic carbocycles. The van der Waals surface area contributed by atoms with Gasteiger partial charge in [-0.2, -0.15) is 0 Å². The van der Waals surface area contributed by atoms with Crippen LogP contribution in [0.2, 0.25) is 10.0 Å². The standard InChI is InChI=1S/C11H8Cl2IN3/c1-5-9(14)10(15)17-11(16-5)6-2-7(12)4-8(13)3-6/h2-4H,1H3,(H2,15,16,17). The van der Waals surface area contributed by atoms with E-state index in [9.17, 15) is 0 Å². The van der Waals surface area contributed by atoms with Crippen LogP contribution in [0.3, 0.4) is 0 Å². The number of halogens is 3. The number of hydrogen-bond donors (Lipinski definition) is 1. The third-order valence-electron chi connectivity index (χ3n) is 2.16. The Kier molecular flexibility index (Phi) is 3.75. The highest BCUT2D eigenvalue weighted by Crippen LogP contribution is 2.27. The Morgan fingerprint density at radius 1 is 1.12 bits per heavy atom. The molecular formula is C11H8Cl2IN3. The van der Waals surface area contributed by atoms with E-state index in [2.05, 4.69) is 32.6 Å². The highest BCUT2D eigenvalue weighted by Gasteiger charge is 2.09. The highest BCUT2D eigenvalue weighted by atomic mass is 127. The quantitative estimate of drug-likeness (QED) is 0.763. The van der Waals surface area contributed by atoms with Crippen LogP contribution in [-0.2, 0) is 0 Å². The number of anilines is 1. The molecule has 2 rings (SSSR count). The third kappa shape index (κ3) is 2.81. The summed E-state index contributed by atoms with van der Waals surface area (Å²) in [6.45, 7) is 1.88. The predicted octanol–water partition coefficient (Wildman–Crippen LogP) is 3.95. The van der Waals surface area contributed by atoms with Gasteiger partial charge in [0, 0.05) is 15.6 Å². The van der Waals surface area contributed by atoms with E-state index in [-0.39, 0.29) is 0 Å². The second-order valence-corrected chi connectivity index (χ2v) is 5.44. The maximum Gasteiger partial charge on any atom is 0.161 e. The van der Waals surface area contributed by atoms with Crippen molar-refractivity contribution in [2.45, 2.75) is 6.92 Å². The zero-order chi connectivity index (χ0) is 12.6. The van der Waals surface area contributed by atoms with Crippen molar-refractivity contribution in [3.8, 4) is 11.4 Å². The first-order valence-corrected chi connectivity index (χ1v) is 6.57. The fraction of sp³-hybridized carbons (Fsp3) is 0.0909. The highest BCUT2D eigenvalue weighted by molar-refractivity contribution is 14.1. The van der Waals surface area contributed by atoms with Gasteiger partial charge in [0.25, 0.3) is 0 Å². The van der Waals surface area contributed by atoms with E-state index >= 15 is 0 Å². The van der Waals surface area contributed by atoms with Crippen LogP contribution in [0.4, 0.5) is 5.82 Å². The normalized spacial score (nSPS) is 10.6. The summed E-state index contributed by atoms with van der Waals surface area (Å²) in [5.74, 6) is 0.994. The summed E-state index contributed by atoms with van der Waals surface area (Å²) in [5.41, 5.74) is 7.41. The molecule has 88 valence electrons.